The number of rotatable bonds is 5. The van der Waals surface area contributed by atoms with E-state index in [2.05, 4.69) is 46.3 Å². The molecule has 0 aliphatic rings. The summed E-state index contributed by atoms with van der Waals surface area (Å²) in [7, 11) is 4.14. The van der Waals surface area contributed by atoms with Gasteiger partial charge in [-0.25, -0.2) is 0 Å². The second kappa shape index (κ2) is 6.08. The molecule has 0 fully saturated rings. The van der Waals surface area contributed by atoms with Gasteiger partial charge in [-0.15, -0.1) is 11.3 Å². The maximum absolute atomic E-state index is 5.93. The monoisotopic (exact) mass is 296 g/mol. The SMILES string of the molecule is CN(C)CCNCc1cc(Br)c(Cl)s1. The fourth-order valence-electron chi connectivity index (χ4n) is 0.993. The molecule has 1 aromatic heterocycles. The van der Waals surface area contributed by atoms with Crippen molar-refractivity contribution in [3.8, 4) is 0 Å². The highest BCUT2D eigenvalue weighted by Crippen LogP contribution is 2.31. The van der Waals surface area contributed by atoms with Crippen molar-refractivity contribution in [2.45, 2.75) is 6.54 Å². The molecule has 0 aromatic carbocycles. The summed E-state index contributed by atoms with van der Waals surface area (Å²) in [6, 6.07) is 2.07. The van der Waals surface area contributed by atoms with E-state index in [4.69, 9.17) is 11.6 Å². The quantitative estimate of drug-likeness (QED) is 0.841. The van der Waals surface area contributed by atoms with Crippen LogP contribution in [0.2, 0.25) is 4.34 Å². The predicted molar refractivity (Wildman–Crippen MR) is 67.3 cm³/mol. The molecule has 0 unspecified atom stereocenters. The molecule has 0 bridgehead atoms. The fourth-order valence-corrected chi connectivity index (χ4v) is 2.75. The van der Waals surface area contributed by atoms with Crippen molar-refractivity contribution >= 4 is 38.9 Å². The third-order valence-corrected chi connectivity index (χ3v) is 4.21. The third kappa shape index (κ3) is 4.28. The molecule has 80 valence electrons. The minimum atomic E-state index is 0.828. The van der Waals surface area contributed by atoms with Gasteiger partial charge in [-0.2, -0.15) is 0 Å². The van der Waals surface area contributed by atoms with E-state index >= 15 is 0 Å². The summed E-state index contributed by atoms with van der Waals surface area (Å²) in [5.74, 6) is 0. The van der Waals surface area contributed by atoms with Gasteiger partial charge >= 0.3 is 0 Å². The van der Waals surface area contributed by atoms with E-state index in [1.807, 2.05) is 0 Å². The first-order valence-electron chi connectivity index (χ1n) is 4.38. The number of nitrogens with zero attached hydrogens (tertiary/aromatic N) is 1. The fraction of sp³-hybridized carbons (Fsp3) is 0.556. The molecular formula is C9H14BrClN2S. The van der Waals surface area contributed by atoms with Crippen LogP contribution in [0.4, 0.5) is 0 Å². The second-order valence-electron chi connectivity index (χ2n) is 3.31. The van der Waals surface area contributed by atoms with Crippen molar-refractivity contribution in [2.75, 3.05) is 27.2 Å². The van der Waals surface area contributed by atoms with Gasteiger partial charge in [0.2, 0.25) is 0 Å². The molecule has 1 rings (SSSR count). The lowest BCUT2D eigenvalue weighted by atomic mass is 10.4. The molecule has 0 amide bonds. The van der Waals surface area contributed by atoms with E-state index in [0.29, 0.717) is 0 Å². The van der Waals surface area contributed by atoms with Crippen LogP contribution in [0.1, 0.15) is 4.88 Å². The molecule has 1 heterocycles. The Labute approximate surface area is 102 Å². The minimum Gasteiger partial charge on any atom is -0.311 e. The van der Waals surface area contributed by atoms with Crippen LogP contribution < -0.4 is 5.32 Å². The molecule has 0 spiro atoms. The highest BCUT2D eigenvalue weighted by molar-refractivity contribution is 9.10. The molecule has 0 aliphatic heterocycles. The van der Waals surface area contributed by atoms with E-state index < -0.39 is 0 Å². The second-order valence-corrected chi connectivity index (χ2v) is 5.91. The molecule has 1 N–H and O–H groups in total. The first kappa shape index (κ1) is 12.5. The van der Waals surface area contributed by atoms with Gasteiger partial charge in [0.15, 0.2) is 0 Å². The molecular weight excluding hydrogens is 284 g/mol. The smallest absolute Gasteiger partial charge is 0.107 e. The maximum atomic E-state index is 5.93. The summed E-state index contributed by atoms with van der Waals surface area (Å²) in [6.07, 6.45) is 0. The average molecular weight is 298 g/mol. The zero-order chi connectivity index (χ0) is 10.6. The average Bonchev–Trinajstić information content (AvgIpc) is 2.40. The lowest BCUT2D eigenvalue weighted by Crippen LogP contribution is -2.25. The first-order valence-corrected chi connectivity index (χ1v) is 6.37. The Balaban J connectivity index is 2.25. The van der Waals surface area contributed by atoms with E-state index in [1.165, 1.54) is 4.88 Å². The number of nitrogens with one attached hydrogen (secondary N) is 1. The van der Waals surface area contributed by atoms with Crippen LogP contribution in [0.5, 0.6) is 0 Å². The number of hydrogen-bond donors (Lipinski definition) is 1. The van der Waals surface area contributed by atoms with Crippen LogP contribution in [0.25, 0.3) is 0 Å². The van der Waals surface area contributed by atoms with Crippen LogP contribution in [0.3, 0.4) is 0 Å². The predicted octanol–water partition coefficient (Wildman–Crippen LogP) is 2.82. The largest absolute Gasteiger partial charge is 0.311 e. The van der Waals surface area contributed by atoms with Gasteiger partial charge in [-0.3, -0.25) is 0 Å². The topological polar surface area (TPSA) is 15.3 Å². The van der Waals surface area contributed by atoms with Crippen molar-refractivity contribution in [3.63, 3.8) is 0 Å². The number of halogens is 2. The summed E-state index contributed by atoms with van der Waals surface area (Å²) in [4.78, 5) is 3.42. The van der Waals surface area contributed by atoms with Crippen molar-refractivity contribution in [3.05, 3.63) is 19.8 Å². The van der Waals surface area contributed by atoms with E-state index in [0.717, 1.165) is 28.4 Å². The Morgan fingerprint density at radius 1 is 1.57 bits per heavy atom. The van der Waals surface area contributed by atoms with Crippen LogP contribution in [0.15, 0.2) is 10.5 Å². The number of thiophene rings is 1. The first-order chi connectivity index (χ1) is 6.59. The normalized spacial score (nSPS) is 11.2. The van der Waals surface area contributed by atoms with Gasteiger partial charge in [-0.1, -0.05) is 11.6 Å². The number of hydrogen-bond acceptors (Lipinski definition) is 3. The molecule has 0 saturated carbocycles. The molecule has 14 heavy (non-hydrogen) atoms. The van der Waals surface area contributed by atoms with Crippen LogP contribution in [-0.2, 0) is 6.54 Å². The summed E-state index contributed by atoms with van der Waals surface area (Å²) in [5.41, 5.74) is 0. The van der Waals surface area contributed by atoms with E-state index in [9.17, 15) is 0 Å². The minimum absolute atomic E-state index is 0.828. The Bertz CT molecular complexity index is 269. The van der Waals surface area contributed by atoms with E-state index in [1.54, 1.807) is 11.3 Å². The van der Waals surface area contributed by atoms with Crippen LogP contribution in [-0.4, -0.2) is 32.1 Å². The summed E-state index contributed by atoms with van der Waals surface area (Å²) < 4.78 is 1.82. The number of likely N-dealkylation sites (N-methyl/N-ethyl adjacent to an activating group) is 1. The Kier molecular flexibility index (Phi) is 5.41. The Morgan fingerprint density at radius 2 is 2.29 bits per heavy atom. The zero-order valence-electron chi connectivity index (χ0n) is 8.31. The molecule has 1 aromatic rings. The lowest BCUT2D eigenvalue weighted by Gasteiger charge is -2.09. The molecule has 2 nitrogen and oxygen atoms in total. The molecule has 0 atom stereocenters. The maximum Gasteiger partial charge on any atom is 0.107 e. The Hall–Kier alpha value is 0.390. The highest BCUT2D eigenvalue weighted by atomic mass is 79.9. The standard InChI is InChI=1S/C9H14BrClN2S/c1-13(2)4-3-12-6-7-5-8(10)9(11)14-7/h5,12H,3-4,6H2,1-2H3. The molecule has 0 saturated heterocycles. The van der Waals surface area contributed by atoms with Crippen molar-refractivity contribution in [1.82, 2.24) is 10.2 Å². The summed E-state index contributed by atoms with van der Waals surface area (Å²) in [6.45, 7) is 2.95. The van der Waals surface area contributed by atoms with Crippen LogP contribution in [0, 0.1) is 0 Å². The highest BCUT2D eigenvalue weighted by Gasteiger charge is 2.03. The third-order valence-electron chi connectivity index (χ3n) is 1.73. The van der Waals surface area contributed by atoms with Crippen molar-refractivity contribution < 1.29 is 0 Å². The molecule has 0 radical (unpaired) electrons. The van der Waals surface area contributed by atoms with Gasteiger partial charge < -0.3 is 10.2 Å². The zero-order valence-corrected chi connectivity index (χ0v) is 11.5. The van der Waals surface area contributed by atoms with Gasteiger partial charge in [-0.05, 0) is 36.1 Å². The van der Waals surface area contributed by atoms with Gasteiger partial charge in [0, 0.05) is 29.0 Å². The Morgan fingerprint density at radius 3 is 2.79 bits per heavy atom. The van der Waals surface area contributed by atoms with Gasteiger partial charge in [0.1, 0.15) is 4.34 Å². The molecule has 0 aliphatic carbocycles. The van der Waals surface area contributed by atoms with Gasteiger partial charge in [0.05, 0.1) is 0 Å². The summed E-state index contributed by atoms with van der Waals surface area (Å²) in [5, 5.41) is 3.36. The molecule has 5 heteroatoms. The van der Waals surface area contributed by atoms with Crippen LogP contribution >= 0.6 is 38.9 Å². The van der Waals surface area contributed by atoms with Gasteiger partial charge in [0.25, 0.3) is 0 Å². The van der Waals surface area contributed by atoms with E-state index in [-0.39, 0.29) is 0 Å². The summed E-state index contributed by atoms with van der Waals surface area (Å²) >= 11 is 10.9. The van der Waals surface area contributed by atoms with Crippen molar-refractivity contribution in [1.29, 1.82) is 0 Å². The van der Waals surface area contributed by atoms with Crippen molar-refractivity contribution in [2.24, 2.45) is 0 Å². The lowest BCUT2D eigenvalue weighted by molar-refractivity contribution is 0.400.